The van der Waals surface area contributed by atoms with Crippen LogP contribution >= 0.6 is 0 Å². The highest BCUT2D eigenvalue weighted by Gasteiger charge is 2.24. The molecule has 0 amide bonds. The van der Waals surface area contributed by atoms with Crippen molar-refractivity contribution in [2.45, 2.75) is 72.8 Å². The van der Waals surface area contributed by atoms with Gasteiger partial charge in [-0.25, -0.2) is 8.78 Å². The molecule has 0 aliphatic carbocycles. The number of benzene rings is 2. The molecule has 2 nitrogen and oxygen atoms in total. The van der Waals surface area contributed by atoms with Gasteiger partial charge in [-0.05, 0) is 67.3 Å². The van der Waals surface area contributed by atoms with Gasteiger partial charge in [-0.3, -0.25) is 9.98 Å². The van der Waals surface area contributed by atoms with Crippen LogP contribution in [0.5, 0.6) is 0 Å². The Kier molecular flexibility index (Phi) is 9.71. The number of halogens is 2. The molecule has 0 spiro atoms. The number of hydrogen-bond acceptors (Lipinski definition) is 2. The fraction of sp³-hybridized carbons (Fsp3) is 0.419. The van der Waals surface area contributed by atoms with Gasteiger partial charge in [-0.1, -0.05) is 76.9 Å². The molecule has 4 rings (SSSR count). The molecular formula is C31H38F2N2. The summed E-state index contributed by atoms with van der Waals surface area (Å²) in [6.45, 7) is 11.2. The first-order valence-corrected chi connectivity index (χ1v) is 12.9. The maximum absolute atomic E-state index is 14.0. The molecule has 3 unspecified atom stereocenters. The van der Waals surface area contributed by atoms with Gasteiger partial charge in [0.2, 0.25) is 0 Å². The van der Waals surface area contributed by atoms with E-state index in [1.54, 1.807) is 0 Å². The molecule has 35 heavy (non-hydrogen) atoms. The maximum atomic E-state index is 14.0. The van der Waals surface area contributed by atoms with Crippen LogP contribution in [0.15, 0.2) is 65.8 Å². The van der Waals surface area contributed by atoms with E-state index in [1.165, 1.54) is 37.5 Å². The molecule has 0 saturated heterocycles. The maximum Gasteiger partial charge on any atom is 0.135 e. The molecule has 2 heterocycles. The van der Waals surface area contributed by atoms with E-state index in [-0.39, 0.29) is 11.6 Å². The van der Waals surface area contributed by atoms with Crippen LogP contribution in [0.3, 0.4) is 0 Å². The highest BCUT2D eigenvalue weighted by atomic mass is 19.1. The minimum atomic E-state index is -0.549. The van der Waals surface area contributed by atoms with E-state index >= 15 is 0 Å². The second kappa shape index (κ2) is 12.7. The van der Waals surface area contributed by atoms with Crippen LogP contribution < -0.4 is 0 Å². The predicted molar refractivity (Wildman–Crippen MR) is 143 cm³/mol. The van der Waals surface area contributed by atoms with Crippen molar-refractivity contribution < 1.29 is 8.78 Å². The van der Waals surface area contributed by atoms with Gasteiger partial charge in [0.15, 0.2) is 0 Å². The van der Waals surface area contributed by atoms with Crippen LogP contribution in [-0.4, -0.2) is 10.7 Å². The molecule has 0 fully saturated rings. The summed E-state index contributed by atoms with van der Waals surface area (Å²) in [6, 6.07) is 16.0. The lowest BCUT2D eigenvalue weighted by atomic mass is 9.94. The molecule has 186 valence electrons. The zero-order valence-electron chi connectivity index (χ0n) is 21.7. The molecule has 0 N–H and O–H groups in total. The summed E-state index contributed by atoms with van der Waals surface area (Å²) in [5.74, 6) is 0.762. The lowest BCUT2D eigenvalue weighted by Gasteiger charge is -2.12. The number of nitrogens with zero attached hydrogens (tertiary/aromatic N) is 2. The summed E-state index contributed by atoms with van der Waals surface area (Å²) in [7, 11) is 0. The van der Waals surface area contributed by atoms with Crippen molar-refractivity contribution >= 4 is 5.71 Å². The highest BCUT2D eigenvalue weighted by Crippen LogP contribution is 2.33. The van der Waals surface area contributed by atoms with Crippen LogP contribution in [0.1, 0.15) is 82.7 Å². The van der Waals surface area contributed by atoms with Gasteiger partial charge in [-0.2, -0.15) is 0 Å². The first-order chi connectivity index (χ1) is 16.8. The largest absolute Gasteiger partial charge is 0.281 e. The Morgan fingerprint density at radius 2 is 1.46 bits per heavy atom. The summed E-state index contributed by atoms with van der Waals surface area (Å²) in [5, 5.41) is 0. The molecule has 4 heteroatoms. The lowest BCUT2D eigenvalue weighted by molar-refractivity contribution is 0.397. The quantitative estimate of drug-likeness (QED) is 0.334. The Hall–Kier alpha value is -2.88. The lowest BCUT2D eigenvalue weighted by Crippen LogP contribution is -2.03. The smallest absolute Gasteiger partial charge is 0.135 e. The summed E-state index contributed by atoms with van der Waals surface area (Å²) in [4.78, 5) is 8.91. The van der Waals surface area contributed by atoms with Gasteiger partial charge in [0.25, 0.3) is 0 Å². The van der Waals surface area contributed by atoms with Crippen LogP contribution in [-0.2, 0) is 0 Å². The summed E-state index contributed by atoms with van der Waals surface area (Å²) < 4.78 is 27.9. The number of hydrogen-bond donors (Lipinski definition) is 0. The van der Waals surface area contributed by atoms with Crippen LogP contribution in [0.2, 0.25) is 0 Å². The van der Waals surface area contributed by atoms with Crippen molar-refractivity contribution in [1.29, 1.82) is 0 Å². The monoisotopic (exact) mass is 476 g/mol. The van der Waals surface area contributed by atoms with Crippen molar-refractivity contribution in [2.24, 2.45) is 16.8 Å². The molecular weight excluding hydrogens is 438 g/mol. The molecule has 0 saturated carbocycles. The van der Waals surface area contributed by atoms with Gasteiger partial charge >= 0.3 is 0 Å². The fourth-order valence-electron chi connectivity index (χ4n) is 4.35. The van der Waals surface area contributed by atoms with E-state index in [9.17, 15) is 8.78 Å². The Bertz CT molecular complexity index is 1080. The molecule has 1 aromatic heterocycles. The predicted octanol–water partition coefficient (Wildman–Crippen LogP) is 9.13. The first kappa shape index (κ1) is 26.7. The number of aliphatic imine (C=N–C) groups is 1. The van der Waals surface area contributed by atoms with E-state index in [2.05, 4.69) is 37.7 Å². The molecule has 1 aliphatic heterocycles. The third-order valence-electron chi connectivity index (χ3n) is 6.96. The average Bonchev–Trinajstić information content (AvgIpc) is 3.34. The standard InChI is InChI=1S/C22H18F2N2.C9H20/c1-14-5-6-17(13-25-14)15-7-9-16(10-8-15)20-11-12-21(26-20)22-18(23)3-2-4-19(22)24;1-5-8(3)7-9(4)6-2/h2-10,13,20H,11-12H2,1H3;8-9H,5-7H2,1-4H3. The second-order valence-corrected chi connectivity index (χ2v) is 9.80. The van der Waals surface area contributed by atoms with E-state index in [0.29, 0.717) is 12.1 Å². The molecule has 1 aliphatic rings. The van der Waals surface area contributed by atoms with Gasteiger partial charge in [-0.15, -0.1) is 0 Å². The van der Waals surface area contributed by atoms with E-state index in [1.807, 2.05) is 49.5 Å². The van der Waals surface area contributed by atoms with Crippen LogP contribution in [0, 0.1) is 30.4 Å². The van der Waals surface area contributed by atoms with Crippen molar-refractivity contribution in [3.8, 4) is 11.1 Å². The van der Waals surface area contributed by atoms with Crippen LogP contribution in [0.25, 0.3) is 11.1 Å². The van der Waals surface area contributed by atoms with Crippen molar-refractivity contribution in [3.05, 3.63) is 89.2 Å². The first-order valence-electron chi connectivity index (χ1n) is 12.9. The van der Waals surface area contributed by atoms with Crippen molar-refractivity contribution in [1.82, 2.24) is 4.98 Å². The SMILES string of the molecule is CCC(C)CC(C)CC.Cc1ccc(-c2ccc(C3CCC(c4c(F)cccc4F)=N3)cc2)cn1. The molecule has 0 bridgehead atoms. The zero-order chi connectivity index (χ0) is 25.4. The Morgan fingerprint density at radius 3 is 2.00 bits per heavy atom. The molecule has 3 atom stereocenters. The average molecular weight is 477 g/mol. The number of aryl methyl sites for hydroxylation is 1. The van der Waals surface area contributed by atoms with Crippen molar-refractivity contribution in [3.63, 3.8) is 0 Å². The third kappa shape index (κ3) is 7.30. The molecule has 0 radical (unpaired) electrons. The highest BCUT2D eigenvalue weighted by molar-refractivity contribution is 6.02. The van der Waals surface area contributed by atoms with Crippen LogP contribution in [0.4, 0.5) is 8.78 Å². The Morgan fingerprint density at radius 1 is 0.857 bits per heavy atom. The third-order valence-corrected chi connectivity index (χ3v) is 6.96. The number of aromatic nitrogens is 1. The topological polar surface area (TPSA) is 25.2 Å². The minimum absolute atomic E-state index is 0.0114. The zero-order valence-corrected chi connectivity index (χ0v) is 21.7. The Labute approximate surface area is 209 Å². The van der Waals surface area contributed by atoms with Gasteiger partial charge in [0, 0.05) is 23.2 Å². The van der Waals surface area contributed by atoms with Gasteiger partial charge < -0.3 is 0 Å². The number of rotatable bonds is 7. The minimum Gasteiger partial charge on any atom is -0.281 e. The molecule has 3 aromatic rings. The van der Waals surface area contributed by atoms with E-state index in [0.717, 1.165) is 40.6 Å². The van der Waals surface area contributed by atoms with Gasteiger partial charge in [0.05, 0.1) is 11.6 Å². The summed E-state index contributed by atoms with van der Waals surface area (Å²) >= 11 is 0. The fourth-order valence-corrected chi connectivity index (χ4v) is 4.35. The normalized spacial score (nSPS) is 16.8. The summed E-state index contributed by atoms with van der Waals surface area (Å²) in [6.07, 6.45) is 7.28. The van der Waals surface area contributed by atoms with Crippen molar-refractivity contribution in [2.75, 3.05) is 0 Å². The summed E-state index contributed by atoms with van der Waals surface area (Å²) in [5.41, 5.74) is 4.71. The Balaban J connectivity index is 0.000000327. The second-order valence-electron chi connectivity index (χ2n) is 9.80. The van der Waals surface area contributed by atoms with E-state index < -0.39 is 11.6 Å². The number of pyridine rings is 1. The van der Waals surface area contributed by atoms with E-state index in [4.69, 9.17) is 0 Å². The molecule has 2 aromatic carbocycles. The van der Waals surface area contributed by atoms with Gasteiger partial charge in [0.1, 0.15) is 11.6 Å².